The molecule has 0 amide bonds. The zero-order valence-corrected chi connectivity index (χ0v) is 11.6. The second-order valence-electron chi connectivity index (χ2n) is 4.48. The van der Waals surface area contributed by atoms with Crippen molar-refractivity contribution in [3.63, 3.8) is 0 Å². The molecule has 0 aliphatic heterocycles. The topological polar surface area (TPSA) is 66.6 Å². The molecule has 6 heteroatoms. The Hall–Kier alpha value is -2.34. The van der Waals surface area contributed by atoms with Gasteiger partial charge < -0.3 is 10.4 Å². The molecule has 3 rings (SSSR count). The van der Waals surface area contributed by atoms with Crippen LogP contribution in [0.5, 0.6) is 0 Å². The Morgan fingerprint density at radius 1 is 1.45 bits per heavy atom. The molecule has 3 heterocycles. The van der Waals surface area contributed by atoms with Gasteiger partial charge in [0.15, 0.2) is 11.5 Å². The van der Waals surface area contributed by atoms with Crippen LogP contribution in [-0.4, -0.2) is 20.5 Å². The summed E-state index contributed by atoms with van der Waals surface area (Å²) in [5.74, 6) is -0.595. The van der Waals surface area contributed by atoms with Crippen molar-refractivity contribution in [2.45, 2.75) is 13.5 Å². The molecule has 0 spiro atoms. The van der Waals surface area contributed by atoms with Crippen molar-refractivity contribution in [3.05, 3.63) is 52.0 Å². The number of hydrogen-bond donors (Lipinski definition) is 2. The van der Waals surface area contributed by atoms with Gasteiger partial charge in [-0.1, -0.05) is 6.07 Å². The Morgan fingerprint density at radius 2 is 2.30 bits per heavy atom. The highest BCUT2D eigenvalue weighted by Gasteiger charge is 2.18. The molecule has 0 atom stereocenters. The number of hydrogen-bond acceptors (Lipinski definition) is 4. The molecule has 5 nitrogen and oxygen atoms in total. The number of rotatable bonds is 4. The monoisotopic (exact) mass is 287 g/mol. The average molecular weight is 287 g/mol. The fourth-order valence-corrected chi connectivity index (χ4v) is 2.93. The zero-order chi connectivity index (χ0) is 14.1. The number of aryl methyl sites for hydroxylation is 1. The number of imidazole rings is 1. The molecule has 102 valence electrons. The highest BCUT2D eigenvalue weighted by Crippen LogP contribution is 2.20. The summed E-state index contributed by atoms with van der Waals surface area (Å²) in [5, 5.41) is 16.6. The lowest BCUT2D eigenvalue weighted by Crippen LogP contribution is -2.08. The van der Waals surface area contributed by atoms with E-state index in [1.165, 1.54) is 5.56 Å². The molecule has 3 aromatic heterocycles. The number of anilines is 1. The number of aromatic nitrogens is 2. The third kappa shape index (κ3) is 2.14. The van der Waals surface area contributed by atoms with Crippen molar-refractivity contribution < 1.29 is 9.90 Å². The minimum atomic E-state index is -0.992. The van der Waals surface area contributed by atoms with Crippen LogP contribution in [0.4, 0.5) is 5.82 Å². The zero-order valence-electron chi connectivity index (χ0n) is 10.8. The summed E-state index contributed by atoms with van der Waals surface area (Å²) >= 11 is 1.63. The first-order valence-corrected chi connectivity index (χ1v) is 7.07. The maximum atomic E-state index is 11.4. The molecule has 0 aliphatic rings. The van der Waals surface area contributed by atoms with Crippen molar-refractivity contribution >= 4 is 28.8 Å². The number of aromatic carboxylic acids is 1. The van der Waals surface area contributed by atoms with Crippen LogP contribution < -0.4 is 5.32 Å². The Kier molecular flexibility index (Phi) is 3.15. The van der Waals surface area contributed by atoms with Gasteiger partial charge in [0, 0.05) is 12.7 Å². The molecule has 0 fully saturated rings. The number of carboxylic acids is 1. The maximum Gasteiger partial charge on any atom is 0.356 e. The number of nitrogens with zero attached hydrogens (tertiary/aromatic N) is 2. The van der Waals surface area contributed by atoms with Gasteiger partial charge in [0.25, 0.3) is 0 Å². The summed E-state index contributed by atoms with van der Waals surface area (Å²) in [5.41, 5.74) is 3.13. The van der Waals surface area contributed by atoms with Gasteiger partial charge in [-0.3, -0.25) is 4.40 Å². The number of fused-ring (bicyclic) bond motifs is 1. The van der Waals surface area contributed by atoms with E-state index in [1.807, 2.05) is 13.0 Å². The van der Waals surface area contributed by atoms with E-state index >= 15 is 0 Å². The Morgan fingerprint density at radius 3 is 3.00 bits per heavy atom. The molecule has 2 N–H and O–H groups in total. The molecule has 0 bridgehead atoms. The highest BCUT2D eigenvalue weighted by atomic mass is 32.1. The first-order chi connectivity index (χ1) is 9.66. The summed E-state index contributed by atoms with van der Waals surface area (Å²) < 4.78 is 1.57. The van der Waals surface area contributed by atoms with E-state index in [0.717, 1.165) is 5.56 Å². The van der Waals surface area contributed by atoms with Gasteiger partial charge in [-0.05, 0) is 40.9 Å². The fourth-order valence-electron chi connectivity index (χ4n) is 2.07. The summed E-state index contributed by atoms with van der Waals surface area (Å²) in [6, 6.07) is 5.40. The van der Waals surface area contributed by atoms with Crippen molar-refractivity contribution in [2.75, 3.05) is 5.32 Å². The molecule has 0 radical (unpaired) electrons. The number of carbonyl (C=O) groups is 1. The minimum Gasteiger partial charge on any atom is -0.476 e. The number of carboxylic acid groups (broad SMARTS) is 1. The van der Waals surface area contributed by atoms with Gasteiger partial charge in [0.05, 0.1) is 0 Å². The number of nitrogens with one attached hydrogen (secondary N) is 1. The van der Waals surface area contributed by atoms with E-state index in [0.29, 0.717) is 18.0 Å². The van der Waals surface area contributed by atoms with Gasteiger partial charge in [0.1, 0.15) is 5.65 Å². The molecule has 20 heavy (non-hydrogen) atoms. The van der Waals surface area contributed by atoms with Crippen LogP contribution in [0.15, 0.2) is 35.2 Å². The summed E-state index contributed by atoms with van der Waals surface area (Å²) in [7, 11) is 0. The standard InChI is InChI=1S/C14H13N3O2S/c1-9-7-20-8-10(9)6-15-13-12(14(18)19)17-5-3-2-4-11(17)16-13/h2-5,7-8,15H,6H2,1H3,(H,18,19). The van der Waals surface area contributed by atoms with Crippen LogP contribution >= 0.6 is 11.3 Å². The maximum absolute atomic E-state index is 11.4. The van der Waals surface area contributed by atoms with Crippen LogP contribution in [0.3, 0.4) is 0 Å². The lowest BCUT2D eigenvalue weighted by atomic mass is 10.2. The van der Waals surface area contributed by atoms with Crippen LogP contribution in [0.2, 0.25) is 0 Å². The van der Waals surface area contributed by atoms with E-state index in [-0.39, 0.29) is 5.69 Å². The van der Waals surface area contributed by atoms with E-state index in [1.54, 1.807) is 34.1 Å². The van der Waals surface area contributed by atoms with Gasteiger partial charge in [-0.15, -0.1) is 0 Å². The van der Waals surface area contributed by atoms with Crippen molar-refractivity contribution in [1.29, 1.82) is 0 Å². The SMILES string of the molecule is Cc1cscc1CNc1nc2ccccn2c1C(=O)O. The van der Waals surface area contributed by atoms with Crippen molar-refractivity contribution in [1.82, 2.24) is 9.38 Å². The van der Waals surface area contributed by atoms with Gasteiger partial charge in [-0.2, -0.15) is 11.3 Å². The quantitative estimate of drug-likeness (QED) is 0.774. The minimum absolute atomic E-state index is 0.161. The lowest BCUT2D eigenvalue weighted by Gasteiger charge is -2.04. The third-order valence-corrected chi connectivity index (χ3v) is 4.05. The van der Waals surface area contributed by atoms with Crippen LogP contribution in [0.1, 0.15) is 21.6 Å². The van der Waals surface area contributed by atoms with Crippen molar-refractivity contribution in [2.24, 2.45) is 0 Å². The smallest absolute Gasteiger partial charge is 0.356 e. The number of pyridine rings is 1. The molecule has 0 unspecified atom stereocenters. The van der Waals surface area contributed by atoms with Crippen LogP contribution in [0, 0.1) is 6.92 Å². The van der Waals surface area contributed by atoms with Crippen molar-refractivity contribution in [3.8, 4) is 0 Å². The number of thiophene rings is 1. The second-order valence-corrected chi connectivity index (χ2v) is 5.22. The molecule has 3 aromatic rings. The molecular formula is C14H13N3O2S. The van der Waals surface area contributed by atoms with Gasteiger partial charge >= 0.3 is 5.97 Å². The normalized spacial score (nSPS) is 10.8. The largest absolute Gasteiger partial charge is 0.476 e. The average Bonchev–Trinajstić information content (AvgIpc) is 2.99. The third-order valence-electron chi connectivity index (χ3n) is 3.14. The first kappa shape index (κ1) is 12.7. The predicted molar refractivity (Wildman–Crippen MR) is 78.5 cm³/mol. The highest BCUT2D eigenvalue weighted by molar-refractivity contribution is 7.08. The van der Waals surface area contributed by atoms with E-state index in [4.69, 9.17) is 0 Å². The van der Waals surface area contributed by atoms with Crippen LogP contribution in [-0.2, 0) is 6.54 Å². The van der Waals surface area contributed by atoms with E-state index in [9.17, 15) is 9.90 Å². The second kappa shape index (κ2) is 4.97. The first-order valence-electron chi connectivity index (χ1n) is 6.12. The molecule has 0 aromatic carbocycles. The molecular weight excluding hydrogens is 274 g/mol. The Balaban J connectivity index is 1.96. The molecule has 0 saturated heterocycles. The van der Waals surface area contributed by atoms with Gasteiger partial charge in [0.2, 0.25) is 0 Å². The lowest BCUT2D eigenvalue weighted by molar-refractivity contribution is 0.0690. The fraction of sp³-hybridized carbons (Fsp3) is 0.143. The van der Waals surface area contributed by atoms with E-state index in [2.05, 4.69) is 21.1 Å². The molecule has 0 saturated carbocycles. The summed E-state index contributed by atoms with van der Waals surface area (Å²) in [6.45, 7) is 2.61. The van der Waals surface area contributed by atoms with Crippen LogP contribution in [0.25, 0.3) is 5.65 Å². The predicted octanol–water partition coefficient (Wildman–Crippen LogP) is 3.01. The van der Waals surface area contributed by atoms with E-state index < -0.39 is 5.97 Å². The molecule has 0 aliphatic carbocycles. The summed E-state index contributed by atoms with van der Waals surface area (Å²) in [4.78, 5) is 15.8. The van der Waals surface area contributed by atoms with Gasteiger partial charge in [-0.25, -0.2) is 9.78 Å². The Labute approximate surface area is 119 Å². The Bertz CT molecular complexity index is 776. The summed E-state index contributed by atoms with van der Waals surface area (Å²) in [6.07, 6.45) is 1.70.